The van der Waals surface area contributed by atoms with Gasteiger partial charge in [0, 0.05) is 49.2 Å². The molecule has 0 aliphatic heterocycles. The Morgan fingerprint density at radius 1 is 0.807 bits per heavy atom. The molecule has 0 saturated carbocycles. The number of alkyl carbamates (subject to hydrolysis) is 1. The summed E-state index contributed by atoms with van der Waals surface area (Å²) in [5, 5.41) is 8.06. The highest BCUT2D eigenvalue weighted by molar-refractivity contribution is 7.84. The topological polar surface area (TPSA) is 196 Å². The van der Waals surface area contributed by atoms with E-state index in [1.54, 1.807) is 57.2 Å². The lowest BCUT2D eigenvalue weighted by Gasteiger charge is -2.28. The van der Waals surface area contributed by atoms with E-state index in [1.807, 2.05) is 26.8 Å². The summed E-state index contributed by atoms with van der Waals surface area (Å²) in [6, 6.07) is 11.7. The standard InChI is InChI=1S/C41H60N4O11S/c1-9-10-23-53-35(46)20-22-45(7)38(49)34(26-29-14-12-11-13-15-29)43-36(47)32(21-24-57(8)52)42-37(48)33(44-39(50)56-41(4,5)6)25-30-16-18-31(19-17-30)55-40(51)54-27-28(2)3/h11-19,28,32-34H,9-10,20-27H2,1-8H3,(H,42,48)(H,43,47)(H,44,50)/t32-,33+,34+,57?/m1/s1. The number of rotatable bonds is 22. The summed E-state index contributed by atoms with van der Waals surface area (Å²) in [5.41, 5.74) is 0.435. The Morgan fingerprint density at radius 3 is 2.00 bits per heavy atom. The molecule has 316 valence electrons. The number of nitrogens with one attached hydrogen (secondary N) is 3. The minimum absolute atomic E-state index is 0.0361. The molecule has 0 aromatic heterocycles. The molecule has 0 aliphatic rings. The highest BCUT2D eigenvalue weighted by Gasteiger charge is 2.32. The van der Waals surface area contributed by atoms with Crippen molar-refractivity contribution >= 4 is 46.7 Å². The van der Waals surface area contributed by atoms with Crippen molar-refractivity contribution in [1.29, 1.82) is 0 Å². The third kappa shape index (κ3) is 20.1. The van der Waals surface area contributed by atoms with Crippen molar-refractivity contribution < 1.29 is 51.9 Å². The molecular weight excluding hydrogens is 757 g/mol. The molecule has 0 heterocycles. The van der Waals surface area contributed by atoms with Crippen LogP contribution < -0.4 is 20.7 Å². The molecule has 57 heavy (non-hydrogen) atoms. The minimum Gasteiger partial charge on any atom is -0.466 e. The summed E-state index contributed by atoms with van der Waals surface area (Å²) in [4.78, 5) is 80.3. The maximum Gasteiger partial charge on any atom is 0.513 e. The second-order valence-electron chi connectivity index (χ2n) is 15.1. The molecule has 0 aliphatic carbocycles. The van der Waals surface area contributed by atoms with Gasteiger partial charge in [0.15, 0.2) is 0 Å². The zero-order chi connectivity index (χ0) is 42.5. The van der Waals surface area contributed by atoms with Crippen LogP contribution in [0.25, 0.3) is 0 Å². The average molecular weight is 817 g/mol. The molecule has 0 spiro atoms. The van der Waals surface area contributed by atoms with Gasteiger partial charge in [0.1, 0.15) is 29.5 Å². The van der Waals surface area contributed by atoms with Crippen LogP contribution in [-0.4, -0.2) is 108 Å². The fraction of sp³-hybridized carbons (Fsp3) is 0.561. The lowest BCUT2D eigenvalue weighted by atomic mass is 10.0. The number of unbranched alkanes of at least 4 members (excludes halogenated alkanes) is 1. The Balaban J connectivity index is 2.33. The first-order chi connectivity index (χ1) is 26.9. The largest absolute Gasteiger partial charge is 0.513 e. The van der Waals surface area contributed by atoms with E-state index in [2.05, 4.69) is 16.0 Å². The molecule has 2 aromatic carbocycles. The molecule has 0 radical (unpaired) electrons. The molecule has 16 heteroatoms. The van der Waals surface area contributed by atoms with Gasteiger partial charge in [0.2, 0.25) is 17.7 Å². The minimum atomic E-state index is -1.35. The number of benzene rings is 2. The van der Waals surface area contributed by atoms with Crippen LogP contribution in [0.2, 0.25) is 0 Å². The Labute approximate surface area is 338 Å². The van der Waals surface area contributed by atoms with Crippen LogP contribution >= 0.6 is 0 Å². The molecule has 1 unspecified atom stereocenters. The van der Waals surface area contributed by atoms with Crippen LogP contribution in [-0.2, 0) is 57.0 Å². The summed E-state index contributed by atoms with van der Waals surface area (Å²) in [6.45, 7) is 11.3. The Bertz CT molecular complexity index is 1630. The first kappa shape index (κ1) is 48.2. The smallest absolute Gasteiger partial charge is 0.466 e. The summed E-state index contributed by atoms with van der Waals surface area (Å²) < 4.78 is 33.1. The van der Waals surface area contributed by atoms with E-state index in [-0.39, 0.29) is 56.3 Å². The quantitative estimate of drug-likeness (QED) is 0.0657. The van der Waals surface area contributed by atoms with Crippen LogP contribution in [0.15, 0.2) is 54.6 Å². The zero-order valence-electron chi connectivity index (χ0n) is 34.4. The molecule has 0 fully saturated rings. The van der Waals surface area contributed by atoms with Gasteiger partial charge in [0.05, 0.1) is 19.6 Å². The van der Waals surface area contributed by atoms with E-state index >= 15 is 0 Å². The number of esters is 1. The zero-order valence-corrected chi connectivity index (χ0v) is 35.2. The van der Waals surface area contributed by atoms with Gasteiger partial charge in [-0.25, -0.2) is 9.59 Å². The Kier molecular flexibility index (Phi) is 20.8. The monoisotopic (exact) mass is 816 g/mol. The number of likely N-dealkylation sites (N-methyl/N-ethyl adjacent to an activating group) is 1. The van der Waals surface area contributed by atoms with Crippen molar-refractivity contribution in [2.24, 2.45) is 5.92 Å². The SMILES string of the molecule is CCCCOC(=O)CCN(C)C(=O)[C@H](Cc1ccccc1)NC(=O)[C@@H](CCS(C)=O)NC(=O)[C@H](Cc1ccc(OC(=O)OCC(C)C)cc1)NC(=O)OC(C)(C)C. The molecule has 0 saturated heterocycles. The molecule has 2 rings (SSSR count). The predicted molar refractivity (Wildman–Crippen MR) is 216 cm³/mol. The van der Waals surface area contributed by atoms with Gasteiger partial charge >= 0.3 is 18.2 Å². The molecule has 4 atom stereocenters. The lowest BCUT2D eigenvalue weighted by molar-refractivity contribution is -0.145. The second-order valence-corrected chi connectivity index (χ2v) is 16.6. The summed E-state index contributed by atoms with van der Waals surface area (Å²) >= 11 is 0. The second kappa shape index (κ2) is 24.6. The first-order valence-electron chi connectivity index (χ1n) is 19.1. The van der Waals surface area contributed by atoms with Crippen molar-refractivity contribution in [3.8, 4) is 5.75 Å². The summed E-state index contributed by atoms with van der Waals surface area (Å²) in [6.07, 6.45) is 1.28. The highest BCUT2D eigenvalue weighted by Crippen LogP contribution is 2.16. The van der Waals surface area contributed by atoms with E-state index in [1.165, 1.54) is 30.3 Å². The molecule has 3 N–H and O–H groups in total. The maximum absolute atomic E-state index is 14.0. The number of ether oxygens (including phenoxy) is 4. The van der Waals surface area contributed by atoms with E-state index < -0.39 is 70.5 Å². The van der Waals surface area contributed by atoms with Gasteiger partial charge in [-0.2, -0.15) is 0 Å². The fourth-order valence-corrected chi connectivity index (χ4v) is 5.70. The van der Waals surface area contributed by atoms with Gasteiger partial charge in [-0.1, -0.05) is 69.7 Å². The number of amides is 4. The first-order valence-corrected chi connectivity index (χ1v) is 20.9. The van der Waals surface area contributed by atoms with Crippen LogP contribution in [0.3, 0.4) is 0 Å². The van der Waals surface area contributed by atoms with Gasteiger partial charge in [-0.3, -0.25) is 23.4 Å². The van der Waals surface area contributed by atoms with Crippen molar-refractivity contribution in [1.82, 2.24) is 20.9 Å². The Morgan fingerprint density at radius 2 is 1.40 bits per heavy atom. The molecular formula is C41H60N4O11S. The van der Waals surface area contributed by atoms with Crippen molar-refractivity contribution in [3.63, 3.8) is 0 Å². The van der Waals surface area contributed by atoms with Gasteiger partial charge in [-0.05, 0) is 62.8 Å². The maximum atomic E-state index is 14.0. The number of hydrogen-bond donors (Lipinski definition) is 3. The number of nitrogens with zero attached hydrogens (tertiary/aromatic N) is 1. The van der Waals surface area contributed by atoms with Crippen LogP contribution in [0.4, 0.5) is 9.59 Å². The van der Waals surface area contributed by atoms with Crippen LogP contribution in [0.5, 0.6) is 5.75 Å². The normalized spacial score (nSPS) is 13.3. The number of carbonyl (C=O) groups is 6. The molecule has 0 bridgehead atoms. The van der Waals surface area contributed by atoms with Gasteiger partial charge in [-0.15, -0.1) is 0 Å². The summed E-state index contributed by atoms with van der Waals surface area (Å²) in [7, 11) is 0.177. The Hall–Kier alpha value is -4.99. The van der Waals surface area contributed by atoms with E-state index in [0.717, 1.165) is 18.4 Å². The third-order valence-electron chi connectivity index (χ3n) is 8.12. The predicted octanol–water partition coefficient (Wildman–Crippen LogP) is 4.47. The number of carbonyl (C=O) groups excluding carboxylic acids is 6. The van der Waals surface area contributed by atoms with Crippen molar-refractivity contribution in [2.45, 2.75) is 104 Å². The third-order valence-corrected chi connectivity index (χ3v) is 8.93. The van der Waals surface area contributed by atoms with E-state index in [4.69, 9.17) is 18.9 Å². The molecule has 4 amide bonds. The molecule has 15 nitrogen and oxygen atoms in total. The van der Waals surface area contributed by atoms with Gasteiger partial charge < -0.3 is 39.8 Å². The highest BCUT2D eigenvalue weighted by atomic mass is 32.2. The summed E-state index contributed by atoms with van der Waals surface area (Å²) in [5.74, 6) is -2.00. The number of hydrogen-bond acceptors (Lipinski definition) is 11. The fourth-order valence-electron chi connectivity index (χ4n) is 5.13. The lowest BCUT2D eigenvalue weighted by Crippen LogP contribution is -2.58. The van der Waals surface area contributed by atoms with Crippen LogP contribution in [0, 0.1) is 5.92 Å². The van der Waals surface area contributed by atoms with E-state index in [0.29, 0.717) is 12.2 Å². The van der Waals surface area contributed by atoms with Crippen molar-refractivity contribution in [2.75, 3.05) is 38.8 Å². The van der Waals surface area contributed by atoms with E-state index in [9.17, 15) is 33.0 Å². The van der Waals surface area contributed by atoms with Crippen molar-refractivity contribution in [3.05, 3.63) is 65.7 Å². The average Bonchev–Trinajstić information content (AvgIpc) is 3.14. The molecule has 2 aromatic rings. The van der Waals surface area contributed by atoms with Gasteiger partial charge in [0.25, 0.3) is 0 Å². The van der Waals surface area contributed by atoms with Crippen LogP contribution in [0.1, 0.15) is 78.4 Å².